The van der Waals surface area contributed by atoms with E-state index in [2.05, 4.69) is 4.74 Å². The maximum atomic E-state index is 11.7. The topological polar surface area (TPSA) is 55.6 Å². The quantitative estimate of drug-likeness (QED) is 0.742. The molecule has 0 aromatic carbocycles. The van der Waals surface area contributed by atoms with E-state index in [4.69, 9.17) is 5.73 Å². The van der Waals surface area contributed by atoms with Crippen LogP contribution in [0.3, 0.4) is 0 Å². The van der Waals surface area contributed by atoms with Gasteiger partial charge in [0.25, 0.3) is 0 Å². The lowest BCUT2D eigenvalue weighted by atomic mass is 10.1. The van der Waals surface area contributed by atoms with E-state index in [1.54, 1.807) is 4.90 Å². The number of amides is 1. The number of halogens is 3. The van der Waals surface area contributed by atoms with Gasteiger partial charge in [-0.25, -0.2) is 0 Å². The van der Waals surface area contributed by atoms with Crippen molar-refractivity contribution >= 4 is 5.91 Å². The Morgan fingerprint density at radius 3 is 2.82 bits per heavy atom. The first-order valence-corrected chi connectivity index (χ1v) is 5.56. The lowest BCUT2D eigenvalue weighted by Crippen LogP contribution is -2.46. The number of nitrogens with zero attached hydrogens (tertiary/aromatic N) is 1. The Labute approximate surface area is 97.9 Å². The third kappa shape index (κ3) is 5.88. The number of likely N-dealkylation sites (tertiary alicyclic amines) is 1. The van der Waals surface area contributed by atoms with E-state index in [0.29, 0.717) is 32.4 Å². The van der Waals surface area contributed by atoms with Crippen LogP contribution in [-0.4, -0.2) is 49.3 Å². The molecule has 1 aliphatic rings. The highest BCUT2D eigenvalue weighted by Crippen LogP contribution is 2.14. The third-order valence-electron chi connectivity index (χ3n) is 2.52. The Bertz CT molecular complexity index is 258. The van der Waals surface area contributed by atoms with Gasteiger partial charge in [0, 0.05) is 32.2 Å². The van der Waals surface area contributed by atoms with E-state index in [0.717, 1.165) is 0 Å². The van der Waals surface area contributed by atoms with Crippen LogP contribution in [0.4, 0.5) is 13.2 Å². The average molecular weight is 254 g/mol. The number of piperidine rings is 1. The molecule has 1 unspecified atom stereocenters. The molecule has 2 N–H and O–H groups in total. The fourth-order valence-electron chi connectivity index (χ4n) is 1.70. The van der Waals surface area contributed by atoms with Crippen molar-refractivity contribution in [3.8, 4) is 0 Å². The molecule has 1 fully saturated rings. The van der Waals surface area contributed by atoms with Gasteiger partial charge in [-0.15, -0.1) is 0 Å². The highest BCUT2D eigenvalue weighted by atomic mass is 19.4. The van der Waals surface area contributed by atoms with Crippen molar-refractivity contribution in [3.63, 3.8) is 0 Å². The van der Waals surface area contributed by atoms with Crippen molar-refractivity contribution in [1.29, 1.82) is 0 Å². The first-order valence-electron chi connectivity index (χ1n) is 5.56. The van der Waals surface area contributed by atoms with E-state index in [-0.39, 0.29) is 18.6 Å². The predicted octanol–water partition coefficient (Wildman–Crippen LogP) is 0.905. The molecular formula is C10H17F3N2O2. The van der Waals surface area contributed by atoms with Gasteiger partial charge in [-0.3, -0.25) is 4.79 Å². The number of alkyl halides is 3. The number of ether oxygens (including phenoxy) is 1. The molecule has 1 atom stereocenters. The third-order valence-corrected chi connectivity index (χ3v) is 2.52. The van der Waals surface area contributed by atoms with Gasteiger partial charge in [-0.2, -0.15) is 13.2 Å². The molecule has 0 radical (unpaired) electrons. The standard InChI is InChI=1S/C10H17F3N2O2/c11-10(12,13)7-17-5-1-4-15-6-8(14)2-3-9(15)16/h8H,1-7,14H2. The number of carbonyl (C=O) groups is 1. The summed E-state index contributed by atoms with van der Waals surface area (Å²) in [5.41, 5.74) is 5.70. The van der Waals surface area contributed by atoms with Crippen LogP contribution >= 0.6 is 0 Å². The van der Waals surface area contributed by atoms with Gasteiger partial charge in [0.05, 0.1) is 0 Å². The SMILES string of the molecule is NC1CCC(=O)N(CCCOCC(F)(F)F)C1. The van der Waals surface area contributed by atoms with Crippen molar-refractivity contribution < 1.29 is 22.7 Å². The fourth-order valence-corrected chi connectivity index (χ4v) is 1.70. The highest BCUT2D eigenvalue weighted by Gasteiger charge is 2.27. The van der Waals surface area contributed by atoms with Crippen molar-refractivity contribution in [1.82, 2.24) is 4.90 Å². The van der Waals surface area contributed by atoms with Gasteiger partial charge in [0.15, 0.2) is 0 Å². The molecule has 7 heteroatoms. The van der Waals surface area contributed by atoms with Crippen LogP contribution in [-0.2, 0) is 9.53 Å². The zero-order valence-electron chi connectivity index (χ0n) is 9.50. The molecule has 1 heterocycles. The highest BCUT2D eigenvalue weighted by molar-refractivity contribution is 5.77. The lowest BCUT2D eigenvalue weighted by molar-refractivity contribution is -0.174. The summed E-state index contributed by atoms with van der Waals surface area (Å²) in [5, 5.41) is 0. The molecule has 0 spiro atoms. The number of nitrogens with two attached hydrogens (primary N) is 1. The van der Waals surface area contributed by atoms with Crippen LogP contribution in [0, 0.1) is 0 Å². The van der Waals surface area contributed by atoms with E-state index < -0.39 is 12.8 Å². The summed E-state index contributed by atoms with van der Waals surface area (Å²) >= 11 is 0. The Hall–Kier alpha value is -0.820. The summed E-state index contributed by atoms with van der Waals surface area (Å²) in [7, 11) is 0. The van der Waals surface area contributed by atoms with Crippen LogP contribution in [0.1, 0.15) is 19.3 Å². The molecule has 0 saturated carbocycles. The van der Waals surface area contributed by atoms with Crippen LogP contribution in [0.5, 0.6) is 0 Å². The van der Waals surface area contributed by atoms with Crippen LogP contribution in [0.15, 0.2) is 0 Å². The first kappa shape index (κ1) is 14.2. The van der Waals surface area contributed by atoms with E-state index >= 15 is 0 Å². The summed E-state index contributed by atoms with van der Waals surface area (Å²) in [5.74, 6) is 0.0162. The van der Waals surface area contributed by atoms with E-state index in [9.17, 15) is 18.0 Å². The predicted molar refractivity (Wildman–Crippen MR) is 55.3 cm³/mol. The Balaban J connectivity index is 2.11. The summed E-state index contributed by atoms with van der Waals surface area (Å²) < 4.78 is 39.7. The fraction of sp³-hybridized carbons (Fsp3) is 0.900. The number of rotatable bonds is 5. The van der Waals surface area contributed by atoms with Crippen LogP contribution < -0.4 is 5.73 Å². The molecule has 17 heavy (non-hydrogen) atoms. The van der Waals surface area contributed by atoms with Crippen LogP contribution in [0.25, 0.3) is 0 Å². The second-order valence-electron chi connectivity index (χ2n) is 4.16. The van der Waals surface area contributed by atoms with Crippen molar-refractivity contribution in [2.75, 3.05) is 26.3 Å². The molecule has 0 aromatic rings. The molecule has 1 amide bonds. The first-order chi connectivity index (χ1) is 7.88. The van der Waals surface area contributed by atoms with Gasteiger partial charge in [-0.05, 0) is 12.8 Å². The average Bonchev–Trinajstić information content (AvgIpc) is 2.21. The summed E-state index contributed by atoms with van der Waals surface area (Å²) in [6.07, 6.45) is -2.79. The Morgan fingerprint density at radius 2 is 2.18 bits per heavy atom. The largest absolute Gasteiger partial charge is 0.411 e. The summed E-state index contributed by atoms with van der Waals surface area (Å²) in [6, 6.07) is -0.0243. The smallest absolute Gasteiger partial charge is 0.372 e. The number of hydrogen-bond acceptors (Lipinski definition) is 3. The van der Waals surface area contributed by atoms with Gasteiger partial charge >= 0.3 is 6.18 Å². The van der Waals surface area contributed by atoms with Gasteiger partial charge in [0.1, 0.15) is 6.61 Å². The molecule has 0 aliphatic carbocycles. The second kappa shape index (κ2) is 6.20. The lowest BCUT2D eigenvalue weighted by Gasteiger charge is -2.30. The van der Waals surface area contributed by atoms with Gasteiger partial charge in [-0.1, -0.05) is 0 Å². The Kier molecular flexibility index (Phi) is 5.20. The molecule has 1 rings (SSSR count). The van der Waals surface area contributed by atoms with Crippen molar-refractivity contribution in [2.45, 2.75) is 31.5 Å². The molecule has 0 aromatic heterocycles. The maximum Gasteiger partial charge on any atom is 0.411 e. The van der Waals surface area contributed by atoms with Crippen molar-refractivity contribution in [2.24, 2.45) is 5.73 Å². The molecule has 1 saturated heterocycles. The van der Waals surface area contributed by atoms with Crippen molar-refractivity contribution in [3.05, 3.63) is 0 Å². The van der Waals surface area contributed by atoms with E-state index in [1.807, 2.05) is 0 Å². The minimum absolute atomic E-state index is 0.00146. The normalized spacial score (nSPS) is 22.0. The molecule has 4 nitrogen and oxygen atoms in total. The molecular weight excluding hydrogens is 237 g/mol. The monoisotopic (exact) mass is 254 g/mol. The zero-order valence-corrected chi connectivity index (χ0v) is 9.50. The minimum atomic E-state index is -4.29. The summed E-state index contributed by atoms with van der Waals surface area (Å²) in [6.45, 7) is -0.346. The number of hydrogen-bond donors (Lipinski definition) is 1. The minimum Gasteiger partial charge on any atom is -0.372 e. The zero-order chi connectivity index (χ0) is 12.9. The number of carbonyl (C=O) groups excluding carboxylic acids is 1. The van der Waals surface area contributed by atoms with Gasteiger partial charge < -0.3 is 15.4 Å². The molecule has 100 valence electrons. The maximum absolute atomic E-state index is 11.7. The van der Waals surface area contributed by atoms with E-state index in [1.165, 1.54) is 0 Å². The molecule has 1 aliphatic heterocycles. The molecule has 0 bridgehead atoms. The second-order valence-corrected chi connectivity index (χ2v) is 4.16. The Morgan fingerprint density at radius 1 is 1.47 bits per heavy atom. The van der Waals surface area contributed by atoms with Gasteiger partial charge in [0.2, 0.25) is 5.91 Å². The summed E-state index contributed by atoms with van der Waals surface area (Å²) in [4.78, 5) is 13.0. The van der Waals surface area contributed by atoms with Crippen LogP contribution in [0.2, 0.25) is 0 Å².